The number of halogens is 1. The van der Waals surface area contributed by atoms with E-state index in [-0.39, 0.29) is 13.0 Å². The van der Waals surface area contributed by atoms with Crippen molar-refractivity contribution in [2.45, 2.75) is 13.0 Å². The third kappa shape index (κ3) is 3.98. The van der Waals surface area contributed by atoms with Crippen molar-refractivity contribution in [3.8, 4) is 0 Å². The van der Waals surface area contributed by atoms with Crippen LogP contribution in [0.2, 0.25) is 5.02 Å². The summed E-state index contributed by atoms with van der Waals surface area (Å²) >= 11 is 5.97. The molecular formula is C24H19ClN2O3. The second-order valence-electron chi connectivity index (χ2n) is 7.08. The molecule has 5 nitrogen and oxygen atoms in total. The molecular weight excluding hydrogens is 400 g/mol. The molecule has 3 aromatic rings. The van der Waals surface area contributed by atoms with Gasteiger partial charge >= 0.3 is 6.03 Å². The minimum absolute atomic E-state index is 0.0984. The van der Waals surface area contributed by atoms with Crippen LogP contribution in [0, 0.1) is 5.92 Å². The number of carbonyl (C=O) groups excluding carboxylic acids is 3. The summed E-state index contributed by atoms with van der Waals surface area (Å²) in [5.41, 5.74) is 2.05. The Morgan fingerprint density at radius 3 is 1.87 bits per heavy atom. The zero-order valence-electron chi connectivity index (χ0n) is 16.1. The molecule has 0 spiro atoms. The number of benzene rings is 3. The van der Waals surface area contributed by atoms with E-state index in [2.05, 4.69) is 0 Å². The number of barbiturate groups is 1. The Morgan fingerprint density at radius 2 is 1.27 bits per heavy atom. The normalized spacial score (nSPS) is 16.8. The molecule has 4 rings (SSSR count). The van der Waals surface area contributed by atoms with Crippen LogP contribution in [0.4, 0.5) is 10.5 Å². The number of anilines is 1. The molecule has 3 aromatic carbocycles. The molecule has 150 valence electrons. The van der Waals surface area contributed by atoms with Crippen LogP contribution in [-0.4, -0.2) is 22.7 Å². The highest BCUT2D eigenvalue weighted by Crippen LogP contribution is 2.29. The summed E-state index contributed by atoms with van der Waals surface area (Å²) in [6.07, 6.45) is 0.223. The van der Waals surface area contributed by atoms with Crippen molar-refractivity contribution in [3.05, 3.63) is 101 Å². The predicted octanol–water partition coefficient (Wildman–Crippen LogP) is 4.69. The highest BCUT2D eigenvalue weighted by Gasteiger charge is 2.46. The standard InChI is InChI=1S/C24H19ClN2O3/c25-19-11-13-20(14-12-19)27-23(29)21(15-17-7-3-1-4-8-17)22(28)26(24(27)30)16-18-9-5-2-6-10-18/h1-14,21H,15-16H2. The third-order valence-electron chi connectivity index (χ3n) is 5.06. The summed E-state index contributed by atoms with van der Waals surface area (Å²) in [7, 11) is 0. The van der Waals surface area contributed by atoms with Gasteiger partial charge in [-0.25, -0.2) is 9.69 Å². The van der Waals surface area contributed by atoms with E-state index in [1.807, 2.05) is 60.7 Å². The fourth-order valence-corrected chi connectivity index (χ4v) is 3.65. The maximum absolute atomic E-state index is 13.3. The van der Waals surface area contributed by atoms with Crippen molar-refractivity contribution in [3.63, 3.8) is 0 Å². The first-order valence-corrected chi connectivity index (χ1v) is 9.95. The van der Waals surface area contributed by atoms with E-state index in [9.17, 15) is 14.4 Å². The molecule has 0 saturated carbocycles. The van der Waals surface area contributed by atoms with Crippen LogP contribution in [0.15, 0.2) is 84.9 Å². The van der Waals surface area contributed by atoms with Crippen molar-refractivity contribution < 1.29 is 14.4 Å². The Hall–Kier alpha value is -3.44. The summed E-state index contributed by atoms with van der Waals surface area (Å²) in [6, 6.07) is 24.3. The third-order valence-corrected chi connectivity index (χ3v) is 5.31. The van der Waals surface area contributed by atoms with Gasteiger partial charge in [-0.1, -0.05) is 72.3 Å². The highest BCUT2D eigenvalue weighted by molar-refractivity contribution is 6.31. The SMILES string of the molecule is O=C1C(Cc2ccccc2)C(=O)N(c2ccc(Cl)cc2)C(=O)N1Cc1ccccc1. The van der Waals surface area contributed by atoms with Crippen molar-refractivity contribution in [2.75, 3.05) is 4.90 Å². The zero-order chi connectivity index (χ0) is 21.1. The number of urea groups is 1. The average Bonchev–Trinajstić information content (AvgIpc) is 2.77. The monoisotopic (exact) mass is 418 g/mol. The lowest BCUT2D eigenvalue weighted by atomic mass is 9.94. The first-order chi connectivity index (χ1) is 14.5. The van der Waals surface area contributed by atoms with E-state index in [1.165, 1.54) is 0 Å². The second kappa shape index (κ2) is 8.51. The second-order valence-corrected chi connectivity index (χ2v) is 7.52. The minimum atomic E-state index is -0.982. The molecule has 30 heavy (non-hydrogen) atoms. The molecule has 0 radical (unpaired) electrons. The van der Waals surface area contributed by atoms with Crippen LogP contribution in [0.1, 0.15) is 11.1 Å². The molecule has 1 saturated heterocycles. The Labute approximate surface area is 179 Å². The minimum Gasteiger partial charge on any atom is -0.273 e. The van der Waals surface area contributed by atoms with Crippen LogP contribution in [0.25, 0.3) is 0 Å². The van der Waals surface area contributed by atoms with Gasteiger partial charge < -0.3 is 0 Å². The Balaban J connectivity index is 1.72. The molecule has 1 unspecified atom stereocenters. The molecule has 6 heteroatoms. The van der Waals surface area contributed by atoms with Crippen molar-refractivity contribution in [1.82, 2.24) is 4.90 Å². The Kier molecular flexibility index (Phi) is 5.63. The van der Waals surface area contributed by atoms with Gasteiger partial charge in [-0.05, 0) is 41.8 Å². The number of hydrogen-bond acceptors (Lipinski definition) is 3. The van der Waals surface area contributed by atoms with Gasteiger partial charge in [0, 0.05) is 5.02 Å². The fourth-order valence-electron chi connectivity index (χ4n) is 3.52. The quantitative estimate of drug-likeness (QED) is 0.564. The molecule has 1 aliphatic rings. The van der Waals surface area contributed by atoms with Crippen LogP contribution >= 0.6 is 11.6 Å². The van der Waals surface area contributed by atoms with E-state index in [0.29, 0.717) is 10.7 Å². The summed E-state index contributed by atoms with van der Waals surface area (Å²) in [5.74, 6) is -1.99. The number of carbonyl (C=O) groups is 3. The van der Waals surface area contributed by atoms with E-state index >= 15 is 0 Å². The first kappa shape index (κ1) is 19.9. The summed E-state index contributed by atoms with van der Waals surface area (Å²) in [6.45, 7) is 0.0984. The predicted molar refractivity (Wildman–Crippen MR) is 115 cm³/mol. The maximum Gasteiger partial charge on any atom is 0.338 e. The highest BCUT2D eigenvalue weighted by atomic mass is 35.5. The van der Waals surface area contributed by atoms with E-state index in [4.69, 9.17) is 11.6 Å². The topological polar surface area (TPSA) is 57.7 Å². The molecule has 0 N–H and O–H groups in total. The van der Waals surface area contributed by atoms with Crippen LogP contribution < -0.4 is 4.90 Å². The van der Waals surface area contributed by atoms with E-state index < -0.39 is 23.8 Å². The largest absolute Gasteiger partial charge is 0.338 e. The lowest BCUT2D eigenvalue weighted by molar-refractivity contribution is -0.141. The molecule has 1 fully saturated rings. The molecule has 0 aliphatic carbocycles. The van der Waals surface area contributed by atoms with E-state index in [1.54, 1.807) is 24.3 Å². The number of imide groups is 2. The van der Waals surface area contributed by atoms with Crippen LogP contribution in [-0.2, 0) is 22.6 Å². The fraction of sp³-hybridized carbons (Fsp3) is 0.125. The zero-order valence-corrected chi connectivity index (χ0v) is 16.8. The Bertz CT molecular complexity index is 1010. The summed E-state index contributed by atoms with van der Waals surface area (Å²) < 4.78 is 0. The summed E-state index contributed by atoms with van der Waals surface area (Å²) in [5, 5.41) is 0.494. The first-order valence-electron chi connectivity index (χ1n) is 9.57. The van der Waals surface area contributed by atoms with Crippen molar-refractivity contribution in [2.24, 2.45) is 5.92 Å². The molecule has 4 amide bonds. The molecule has 1 atom stereocenters. The van der Waals surface area contributed by atoms with Crippen LogP contribution in [0.5, 0.6) is 0 Å². The maximum atomic E-state index is 13.3. The number of hydrogen-bond donors (Lipinski definition) is 0. The van der Waals surface area contributed by atoms with Gasteiger partial charge in [-0.2, -0.15) is 0 Å². The summed E-state index contributed by atoms with van der Waals surface area (Å²) in [4.78, 5) is 41.9. The number of rotatable bonds is 5. The number of amides is 4. The van der Waals surface area contributed by atoms with Gasteiger partial charge in [0.1, 0.15) is 5.92 Å². The lowest BCUT2D eigenvalue weighted by Gasteiger charge is -2.37. The van der Waals surface area contributed by atoms with Gasteiger partial charge in [0.25, 0.3) is 0 Å². The average molecular weight is 419 g/mol. The molecule has 1 heterocycles. The number of nitrogens with zero attached hydrogens (tertiary/aromatic N) is 2. The van der Waals surface area contributed by atoms with Gasteiger partial charge in [-0.15, -0.1) is 0 Å². The van der Waals surface area contributed by atoms with E-state index in [0.717, 1.165) is 20.9 Å². The molecule has 0 aromatic heterocycles. The molecule has 1 aliphatic heterocycles. The van der Waals surface area contributed by atoms with Gasteiger partial charge in [-0.3, -0.25) is 14.5 Å². The molecule has 0 bridgehead atoms. The smallest absolute Gasteiger partial charge is 0.273 e. The van der Waals surface area contributed by atoms with Gasteiger partial charge in [0.2, 0.25) is 11.8 Å². The lowest BCUT2D eigenvalue weighted by Crippen LogP contribution is -2.60. The Morgan fingerprint density at radius 1 is 0.700 bits per heavy atom. The van der Waals surface area contributed by atoms with Crippen molar-refractivity contribution in [1.29, 1.82) is 0 Å². The van der Waals surface area contributed by atoms with Gasteiger partial charge in [0.05, 0.1) is 12.2 Å². The van der Waals surface area contributed by atoms with Crippen LogP contribution in [0.3, 0.4) is 0 Å². The van der Waals surface area contributed by atoms with Gasteiger partial charge in [0.15, 0.2) is 0 Å². The van der Waals surface area contributed by atoms with Crippen molar-refractivity contribution >= 4 is 35.1 Å².